The number of rotatable bonds is 0. The van der Waals surface area contributed by atoms with E-state index in [4.69, 9.17) is 0 Å². The van der Waals surface area contributed by atoms with Crippen LogP contribution in [0.25, 0.3) is 0 Å². The summed E-state index contributed by atoms with van der Waals surface area (Å²) in [5, 5.41) is 0. The summed E-state index contributed by atoms with van der Waals surface area (Å²) in [5.74, 6) is 12.6. The normalized spacial score (nSPS) is 87.0. The van der Waals surface area contributed by atoms with Gasteiger partial charge in [-0.1, -0.05) is 25.7 Å². The molecule has 0 N–H and O–H groups in total. The number of fused-ring (bicyclic) bond motifs is 2. The van der Waals surface area contributed by atoms with Crippen LogP contribution in [0.4, 0.5) is 0 Å². The molecule has 0 amide bonds. The molecule has 10 rings (SSSR count). The first-order valence-electron chi connectivity index (χ1n) is 11.8. The third kappa shape index (κ3) is 0.747. The maximum absolute atomic E-state index is 1.75. The molecule has 14 unspecified atom stereocenters. The van der Waals surface area contributed by atoms with Crippen LogP contribution in [-0.4, -0.2) is 0 Å². The van der Waals surface area contributed by atoms with Crippen molar-refractivity contribution < 1.29 is 0 Å². The van der Waals surface area contributed by atoms with Crippen molar-refractivity contribution in [3.8, 4) is 0 Å². The largest absolute Gasteiger partial charge is 0.0530 e. The summed E-state index contributed by atoms with van der Waals surface area (Å²) >= 11 is 0. The van der Waals surface area contributed by atoms with Crippen LogP contribution in [0.1, 0.15) is 64.2 Å². The molecule has 4 spiro atoms. The van der Waals surface area contributed by atoms with E-state index in [0.29, 0.717) is 0 Å². The molecule has 0 heterocycles. The van der Waals surface area contributed by atoms with Crippen LogP contribution < -0.4 is 0 Å². The zero-order chi connectivity index (χ0) is 14.8. The fraction of sp³-hybridized carbons (Fsp3) is 1.00. The predicted molar refractivity (Wildman–Crippen MR) is 90.8 cm³/mol. The molecular formula is C24H30. The molecule has 126 valence electrons. The first kappa shape index (κ1) is 11.7. The summed E-state index contributed by atoms with van der Waals surface area (Å²) in [6, 6.07) is 0. The Kier molecular flexibility index (Phi) is 1.32. The van der Waals surface area contributed by atoms with Crippen molar-refractivity contribution in [2.24, 2.45) is 80.8 Å². The van der Waals surface area contributed by atoms with E-state index in [1.54, 1.807) is 64.2 Å². The molecule has 24 heavy (non-hydrogen) atoms. The van der Waals surface area contributed by atoms with Crippen molar-refractivity contribution in [1.82, 2.24) is 0 Å². The Morgan fingerprint density at radius 3 is 1.46 bits per heavy atom. The Morgan fingerprint density at radius 2 is 0.958 bits per heavy atom. The topological polar surface area (TPSA) is 0 Å². The average molecular weight is 319 g/mol. The molecular weight excluding hydrogens is 288 g/mol. The van der Waals surface area contributed by atoms with Gasteiger partial charge in [-0.05, 0) is 119 Å². The van der Waals surface area contributed by atoms with Crippen molar-refractivity contribution in [1.29, 1.82) is 0 Å². The van der Waals surface area contributed by atoms with Gasteiger partial charge in [0.2, 0.25) is 0 Å². The number of hydrogen-bond acceptors (Lipinski definition) is 0. The van der Waals surface area contributed by atoms with Crippen molar-refractivity contribution in [2.45, 2.75) is 64.2 Å². The highest BCUT2D eigenvalue weighted by Gasteiger charge is 3.01. The molecule has 0 bridgehead atoms. The Balaban J connectivity index is 1.22. The lowest BCUT2D eigenvalue weighted by molar-refractivity contribution is -0.274. The molecule has 0 saturated heterocycles. The Morgan fingerprint density at radius 1 is 0.458 bits per heavy atom. The second kappa shape index (κ2) is 2.72. The zero-order valence-electron chi connectivity index (χ0n) is 14.8. The van der Waals surface area contributed by atoms with Gasteiger partial charge in [0.05, 0.1) is 0 Å². The minimum Gasteiger partial charge on any atom is -0.0530 e. The molecule has 0 radical (unpaired) electrons. The summed E-state index contributed by atoms with van der Waals surface area (Å²) in [5.41, 5.74) is 3.92. The van der Waals surface area contributed by atoms with Gasteiger partial charge in [0.15, 0.2) is 0 Å². The monoisotopic (exact) mass is 318 g/mol. The molecule has 0 nitrogen and oxygen atoms in total. The lowest BCUT2D eigenvalue weighted by atomic mass is 9.30. The van der Waals surface area contributed by atoms with Crippen LogP contribution in [0.3, 0.4) is 0 Å². The van der Waals surface area contributed by atoms with E-state index in [9.17, 15) is 0 Å². The highest BCUT2D eigenvalue weighted by molar-refractivity contribution is 5.49. The molecule has 10 aliphatic carbocycles. The molecule has 0 heteroatoms. The molecule has 14 atom stereocenters. The first-order chi connectivity index (χ1) is 11.8. The maximum atomic E-state index is 1.75. The van der Waals surface area contributed by atoms with E-state index in [1.807, 2.05) is 0 Å². The van der Waals surface area contributed by atoms with Crippen LogP contribution in [0.5, 0.6) is 0 Å². The van der Waals surface area contributed by atoms with E-state index in [-0.39, 0.29) is 0 Å². The summed E-state index contributed by atoms with van der Waals surface area (Å²) < 4.78 is 0. The van der Waals surface area contributed by atoms with Gasteiger partial charge in [0.1, 0.15) is 0 Å². The fourth-order valence-electron chi connectivity index (χ4n) is 13.5. The summed E-state index contributed by atoms with van der Waals surface area (Å²) in [6.07, 6.45) is 16.8. The van der Waals surface area contributed by atoms with E-state index in [1.165, 1.54) is 59.2 Å². The quantitative estimate of drug-likeness (QED) is 0.581. The molecule has 10 fully saturated rings. The van der Waals surface area contributed by atoms with Gasteiger partial charge in [-0.15, -0.1) is 0 Å². The highest BCUT2D eigenvalue weighted by atomic mass is 15.1. The number of hydrogen-bond donors (Lipinski definition) is 0. The van der Waals surface area contributed by atoms with Crippen molar-refractivity contribution in [3.63, 3.8) is 0 Å². The van der Waals surface area contributed by atoms with Crippen LogP contribution in [0, 0.1) is 80.8 Å². The summed E-state index contributed by atoms with van der Waals surface area (Å²) in [6.45, 7) is 0. The molecule has 0 aromatic heterocycles. The minimum atomic E-state index is 0.970. The molecule has 10 aliphatic rings. The predicted octanol–water partition coefficient (Wildman–Crippen LogP) is 5.13. The fourth-order valence-corrected chi connectivity index (χ4v) is 13.5. The van der Waals surface area contributed by atoms with E-state index in [2.05, 4.69) is 0 Å². The van der Waals surface area contributed by atoms with Gasteiger partial charge in [-0.2, -0.15) is 0 Å². The van der Waals surface area contributed by atoms with Gasteiger partial charge in [0.25, 0.3) is 0 Å². The van der Waals surface area contributed by atoms with Crippen molar-refractivity contribution in [2.75, 3.05) is 0 Å². The molecule has 0 aromatic carbocycles. The standard InChI is InChI=1S/C24H30/c1-2-4-12-6-22-8-14(22)16-10-24(16)20(18(12)22)19-17-11(3-1)5-21(17)7-13(21)15-9-23(15,19)24/h11-20H,1-10H2. The smallest absolute Gasteiger partial charge is 0.0167 e. The van der Waals surface area contributed by atoms with Gasteiger partial charge in [-0.25, -0.2) is 0 Å². The van der Waals surface area contributed by atoms with Gasteiger partial charge >= 0.3 is 0 Å². The van der Waals surface area contributed by atoms with Crippen molar-refractivity contribution in [3.05, 3.63) is 0 Å². The third-order valence-corrected chi connectivity index (χ3v) is 13.7. The molecule has 10 saturated carbocycles. The van der Waals surface area contributed by atoms with Crippen LogP contribution in [0.15, 0.2) is 0 Å². The Bertz CT molecular complexity index is 704. The SMILES string of the molecule is C1CCC2CC34CC3C3CC35C(C24)C2C3C(C1)CC31CC1C1CC125. The second-order valence-electron chi connectivity index (χ2n) is 13.1. The zero-order valence-corrected chi connectivity index (χ0v) is 14.8. The van der Waals surface area contributed by atoms with Gasteiger partial charge in [0, 0.05) is 0 Å². The minimum absolute atomic E-state index is 0.970. The Labute approximate surface area is 145 Å². The van der Waals surface area contributed by atoms with E-state index >= 15 is 0 Å². The second-order valence-corrected chi connectivity index (χ2v) is 13.1. The average Bonchev–Trinajstić information content (AvgIpc) is 3.34. The van der Waals surface area contributed by atoms with Crippen LogP contribution in [0.2, 0.25) is 0 Å². The molecule has 0 aliphatic heterocycles. The lowest BCUT2D eigenvalue weighted by Gasteiger charge is -2.74. The molecule has 0 aromatic rings. The van der Waals surface area contributed by atoms with Crippen LogP contribution >= 0.6 is 0 Å². The highest BCUT2D eigenvalue weighted by Crippen LogP contribution is 3.06. The van der Waals surface area contributed by atoms with Crippen molar-refractivity contribution >= 4 is 0 Å². The summed E-state index contributed by atoms with van der Waals surface area (Å²) in [4.78, 5) is 0. The van der Waals surface area contributed by atoms with E-state index < -0.39 is 0 Å². The van der Waals surface area contributed by atoms with E-state index in [0.717, 1.165) is 21.7 Å². The van der Waals surface area contributed by atoms with Gasteiger partial charge < -0.3 is 0 Å². The summed E-state index contributed by atoms with van der Waals surface area (Å²) in [7, 11) is 0. The first-order valence-corrected chi connectivity index (χ1v) is 11.8. The Hall–Kier alpha value is 0. The third-order valence-electron chi connectivity index (χ3n) is 13.7. The lowest BCUT2D eigenvalue weighted by Crippen LogP contribution is -2.70. The van der Waals surface area contributed by atoms with Gasteiger partial charge in [-0.3, -0.25) is 0 Å². The van der Waals surface area contributed by atoms with Crippen LogP contribution in [-0.2, 0) is 0 Å². The maximum Gasteiger partial charge on any atom is -0.0167 e.